The van der Waals surface area contributed by atoms with E-state index in [2.05, 4.69) is 10.3 Å². The van der Waals surface area contributed by atoms with Crippen LogP contribution >= 0.6 is 0 Å². The lowest BCUT2D eigenvalue weighted by Gasteiger charge is -2.11. The van der Waals surface area contributed by atoms with Gasteiger partial charge in [-0.15, -0.1) is 0 Å². The molecule has 2 N–H and O–H groups in total. The third kappa shape index (κ3) is 4.33. The molecule has 1 fully saturated rings. The minimum atomic E-state index is -0.307. The highest BCUT2D eigenvalue weighted by molar-refractivity contribution is 5.88. The number of hydrogen-bond acceptors (Lipinski definition) is 4. The maximum absolute atomic E-state index is 13.1. The molecule has 164 valence electrons. The fourth-order valence-electron chi connectivity index (χ4n) is 4.40. The monoisotopic (exact) mass is 423 g/mol. The third-order valence-corrected chi connectivity index (χ3v) is 5.97. The predicted molar refractivity (Wildman–Crippen MR) is 121 cm³/mol. The Morgan fingerprint density at radius 1 is 1.13 bits per heavy atom. The maximum Gasteiger partial charge on any atom is 0.332 e. The zero-order valence-electron chi connectivity index (χ0n) is 18.1. The van der Waals surface area contributed by atoms with Crippen molar-refractivity contribution in [2.45, 2.75) is 71.4 Å². The topological polar surface area (TPSA) is 102 Å². The van der Waals surface area contributed by atoms with Crippen molar-refractivity contribution >= 4 is 22.8 Å². The quantitative estimate of drug-likeness (QED) is 0.609. The van der Waals surface area contributed by atoms with Gasteiger partial charge in [-0.1, -0.05) is 31.9 Å². The summed E-state index contributed by atoms with van der Waals surface area (Å²) >= 11 is 0. The van der Waals surface area contributed by atoms with Gasteiger partial charge in [-0.2, -0.15) is 0 Å². The van der Waals surface area contributed by atoms with Crippen LogP contribution in [0.25, 0.3) is 11.2 Å². The van der Waals surface area contributed by atoms with E-state index in [0.29, 0.717) is 43.0 Å². The zero-order chi connectivity index (χ0) is 22.0. The molecule has 1 aliphatic carbocycles. The lowest BCUT2D eigenvalue weighted by molar-refractivity contribution is -0.114. The Kier molecular flexibility index (Phi) is 6.06. The van der Waals surface area contributed by atoms with E-state index in [1.807, 2.05) is 31.2 Å². The largest absolute Gasteiger partial charge is 0.336 e. The number of anilines is 1. The van der Waals surface area contributed by atoms with Gasteiger partial charge in [-0.25, -0.2) is 9.78 Å². The summed E-state index contributed by atoms with van der Waals surface area (Å²) < 4.78 is 2.95. The van der Waals surface area contributed by atoms with Crippen LogP contribution in [-0.2, 0) is 24.3 Å². The van der Waals surface area contributed by atoms with Crippen molar-refractivity contribution in [1.82, 2.24) is 19.1 Å². The number of amides is 1. The van der Waals surface area contributed by atoms with E-state index < -0.39 is 0 Å². The molecule has 0 unspecified atom stereocenters. The summed E-state index contributed by atoms with van der Waals surface area (Å²) in [4.78, 5) is 45.3. The molecule has 1 aromatic carbocycles. The normalized spacial score (nSPS) is 14.4. The van der Waals surface area contributed by atoms with Crippen molar-refractivity contribution in [2.75, 3.05) is 5.32 Å². The van der Waals surface area contributed by atoms with Crippen molar-refractivity contribution in [1.29, 1.82) is 0 Å². The van der Waals surface area contributed by atoms with Crippen LogP contribution in [0.4, 0.5) is 5.69 Å². The van der Waals surface area contributed by atoms with Gasteiger partial charge in [0, 0.05) is 31.6 Å². The van der Waals surface area contributed by atoms with Crippen LogP contribution in [0.2, 0.25) is 0 Å². The summed E-state index contributed by atoms with van der Waals surface area (Å²) in [6, 6.07) is 7.56. The van der Waals surface area contributed by atoms with Gasteiger partial charge in [0.2, 0.25) is 5.91 Å². The average Bonchev–Trinajstić information content (AvgIpc) is 3.42. The van der Waals surface area contributed by atoms with Crippen LogP contribution in [0.15, 0.2) is 33.9 Å². The first kappa shape index (κ1) is 21.1. The Bertz CT molecular complexity index is 1200. The van der Waals surface area contributed by atoms with Crippen LogP contribution in [0.5, 0.6) is 0 Å². The SMILES string of the molecule is CCCn1c(=O)c2[nH]c(C3CCCC3)nc2n(CCc2ccc(NC(C)=O)cc2)c1=O. The van der Waals surface area contributed by atoms with E-state index in [9.17, 15) is 14.4 Å². The first-order valence-electron chi connectivity index (χ1n) is 11.1. The Morgan fingerprint density at radius 2 is 1.84 bits per heavy atom. The van der Waals surface area contributed by atoms with Crippen molar-refractivity contribution in [2.24, 2.45) is 0 Å². The van der Waals surface area contributed by atoms with Gasteiger partial charge < -0.3 is 10.3 Å². The van der Waals surface area contributed by atoms with E-state index in [1.165, 1.54) is 24.3 Å². The van der Waals surface area contributed by atoms with E-state index in [4.69, 9.17) is 4.98 Å². The van der Waals surface area contributed by atoms with Crippen molar-refractivity contribution in [3.63, 3.8) is 0 Å². The van der Waals surface area contributed by atoms with Gasteiger partial charge in [0.05, 0.1) is 0 Å². The molecule has 1 amide bonds. The molecule has 31 heavy (non-hydrogen) atoms. The third-order valence-electron chi connectivity index (χ3n) is 5.97. The van der Waals surface area contributed by atoms with Gasteiger partial charge in [0.25, 0.3) is 5.56 Å². The molecular weight excluding hydrogens is 394 g/mol. The van der Waals surface area contributed by atoms with Gasteiger partial charge in [-0.05, 0) is 43.4 Å². The van der Waals surface area contributed by atoms with Gasteiger partial charge in [0.15, 0.2) is 5.65 Å². The maximum atomic E-state index is 13.1. The molecule has 0 saturated heterocycles. The molecule has 3 aromatic rings. The lowest BCUT2D eigenvalue weighted by atomic mass is 10.1. The van der Waals surface area contributed by atoms with Crippen LogP contribution < -0.4 is 16.6 Å². The summed E-state index contributed by atoms with van der Waals surface area (Å²) in [6.45, 7) is 4.24. The number of aromatic nitrogens is 4. The second-order valence-electron chi connectivity index (χ2n) is 8.32. The molecule has 4 rings (SSSR count). The van der Waals surface area contributed by atoms with Crippen molar-refractivity contribution in [3.05, 3.63) is 56.5 Å². The second-order valence-corrected chi connectivity index (χ2v) is 8.32. The van der Waals surface area contributed by atoms with Gasteiger partial charge >= 0.3 is 5.69 Å². The summed E-state index contributed by atoms with van der Waals surface area (Å²) in [5.41, 5.74) is 2.07. The predicted octanol–water partition coefficient (Wildman–Crippen LogP) is 3.16. The number of rotatable bonds is 7. The molecule has 2 heterocycles. The highest BCUT2D eigenvalue weighted by atomic mass is 16.2. The number of aryl methyl sites for hydroxylation is 2. The molecule has 8 nitrogen and oxygen atoms in total. The Morgan fingerprint density at radius 3 is 2.48 bits per heavy atom. The number of carbonyl (C=O) groups is 1. The number of carbonyl (C=O) groups excluding carboxylic acids is 1. The molecule has 0 bridgehead atoms. The summed E-state index contributed by atoms with van der Waals surface area (Å²) in [5.74, 6) is 1.04. The Hall–Kier alpha value is -3.16. The van der Waals surface area contributed by atoms with Crippen molar-refractivity contribution < 1.29 is 4.79 Å². The van der Waals surface area contributed by atoms with Crippen LogP contribution in [0.1, 0.15) is 63.3 Å². The zero-order valence-corrected chi connectivity index (χ0v) is 18.1. The molecule has 0 radical (unpaired) electrons. The van der Waals surface area contributed by atoms with Crippen LogP contribution in [-0.4, -0.2) is 25.0 Å². The standard InChI is InChI=1S/C23H29N5O3/c1-3-13-28-22(30)19-21(26-20(25-19)17-6-4-5-7-17)27(23(28)31)14-12-16-8-10-18(11-9-16)24-15(2)29/h8-11,17H,3-7,12-14H2,1-2H3,(H,24,29)(H,25,26). The number of nitrogens with zero attached hydrogens (tertiary/aromatic N) is 3. The average molecular weight is 424 g/mol. The number of fused-ring (bicyclic) bond motifs is 1. The smallest absolute Gasteiger partial charge is 0.332 e. The Balaban J connectivity index is 1.68. The first-order valence-corrected chi connectivity index (χ1v) is 11.1. The molecule has 0 atom stereocenters. The van der Waals surface area contributed by atoms with Gasteiger partial charge in [0.1, 0.15) is 11.3 Å². The number of benzene rings is 1. The minimum Gasteiger partial charge on any atom is -0.336 e. The van der Waals surface area contributed by atoms with Gasteiger partial charge in [-0.3, -0.25) is 18.7 Å². The summed E-state index contributed by atoms with van der Waals surface area (Å²) in [7, 11) is 0. The molecular formula is C23H29N5O3. The number of aromatic amines is 1. The first-order chi connectivity index (χ1) is 15.0. The summed E-state index contributed by atoms with van der Waals surface area (Å²) in [6.07, 6.45) is 5.79. The fourth-order valence-corrected chi connectivity index (χ4v) is 4.40. The van der Waals surface area contributed by atoms with E-state index in [-0.39, 0.29) is 17.2 Å². The number of imidazole rings is 1. The van der Waals surface area contributed by atoms with E-state index in [1.54, 1.807) is 4.57 Å². The molecule has 1 aliphatic rings. The number of nitrogens with one attached hydrogen (secondary N) is 2. The molecule has 2 aromatic heterocycles. The highest BCUT2D eigenvalue weighted by Crippen LogP contribution is 2.32. The lowest BCUT2D eigenvalue weighted by Crippen LogP contribution is -2.40. The summed E-state index contributed by atoms with van der Waals surface area (Å²) in [5, 5.41) is 2.75. The second kappa shape index (κ2) is 8.91. The van der Waals surface area contributed by atoms with E-state index >= 15 is 0 Å². The molecule has 0 spiro atoms. The molecule has 1 saturated carbocycles. The minimum absolute atomic E-state index is 0.114. The Labute approximate surface area is 180 Å². The molecule has 8 heteroatoms. The van der Waals surface area contributed by atoms with Crippen LogP contribution in [0, 0.1) is 0 Å². The fraction of sp³-hybridized carbons (Fsp3) is 0.478. The van der Waals surface area contributed by atoms with Crippen molar-refractivity contribution in [3.8, 4) is 0 Å². The number of hydrogen-bond donors (Lipinski definition) is 2. The highest BCUT2D eigenvalue weighted by Gasteiger charge is 2.23. The number of H-pyrrole nitrogens is 1. The van der Waals surface area contributed by atoms with Crippen LogP contribution in [0.3, 0.4) is 0 Å². The van der Waals surface area contributed by atoms with E-state index in [0.717, 1.165) is 29.9 Å². The molecule has 0 aliphatic heterocycles.